The first-order valence-electron chi connectivity index (χ1n) is 15.8. The normalized spacial score (nSPS) is 12.0. The molecule has 1 atom stereocenters. The topological polar surface area (TPSA) is 96.0 Å². The maximum Gasteiger partial charge on any atom is 0.264 e. The fraction of sp³-hybridized carbons (Fsp3) is 0.297. The Kier molecular flexibility index (Phi) is 12.9. The second-order valence-electron chi connectivity index (χ2n) is 11.8. The SMILES string of the molecule is CCOc1ccccc1N(CC(=O)N(Cc1ccc(Cl)cc1Cl)[C@@H](Cc1ccccc1)C(=O)NCC(C)C)S(=O)(=O)c1ccc(C)cc1. The molecule has 0 unspecified atom stereocenters. The van der Waals surface area contributed by atoms with E-state index in [1.54, 1.807) is 61.5 Å². The molecule has 0 aliphatic carbocycles. The van der Waals surface area contributed by atoms with Crippen molar-refractivity contribution in [3.05, 3.63) is 124 Å². The van der Waals surface area contributed by atoms with Gasteiger partial charge in [0.1, 0.15) is 18.3 Å². The zero-order valence-corrected chi connectivity index (χ0v) is 29.9. The summed E-state index contributed by atoms with van der Waals surface area (Å²) < 4.78 is 35.6. The molecular weight excluding hydrogens is 669 g/mol. The Morgan fingerprint density at radius 3 is 2.21 bits per heavy atom. The van der Waals surface area contributed by atoms with Gasteiger partial charge in [0.15, 0.2) is 0 Å². The van der Waals surface area contributed by atoms with Crippen molar-refractivity contribution in [2.45, 2.75) is 51.6 Å². The molecule has 0 aliphatic heterocycles. The molecule has 0 heterocycles. The molecule has 1 N–H and O–H groups in total. The summed E-state index contributed by atoms with van der Waals surface area (Å²) in [5.74, 6) is -0.519. The Balaban J connectivity index is 1.85. The molecule has 0 saturated heterocycles. The minimum atomic E-state index is -4.29. The predicted molar refractivity (Wildman–Crippen MR) is 192 cm³/mol. The van der Waals surface area contributed by atoms with Crippen molar-refractivity contribution in [2.24, 2.45) is 5.92 Å². The van der Waals surface area contributed by atoms with Gasteiger partial charge in [-0.15, -0.1) is 0 Å². The molecule has 0 fully saturated rings. The number of sulfonamides is 1. The van der Waals surface area contributed by atoms with Crippen LogP contribution in [-0.2, 0) is 32.6 Å². The first kappa shape index (κ1) is 36.8. The van der Waals surface area contributed by atoms with Crippen LogP contribution in [0.15, 0.2) is 102 Å². The van der Waals surface area contributed by atoms with Crippen LogP contribution in [0.4, 0.5) is 5.69 Å². The van der Waals surface area contributed by atoms with E-state index in [0.717, 1.165) is 15.4 Å². The summed E-state index contributed by atoms with van der Waals surface area (Å²) in [4.78, 5) is 30.1. The highest BCUT2D eigenvalue weighted by Gasteiger charge is 2.36. The van der Waals surface area contributed by atoms with Crippen LogP contribution in [0, 0.1) is 12.8 Å². The predicted octanol–water partition coefficient (Wildman–Crippen LogP) is 7.31. The number of ether oxygens (including phenoxy) is 1. The highest BCUT2D eigenvalue weighted by Crippen LogP contribution is 2.33. The van der Waals surface area contributed by atoms with E-state index in [9.17, 15) is 18.0 Å². The standard InChI is InChI=1S/C37H41Cl2N3O5S/c1-5-47-35-14-10-9-13-33(35)42(48(45,46)31-19-15-27(4)16-20-31)25-36(43)41(24-29-17-18-30(38)22-32(29)39)34(37(44)40-23-26(2)3)21-28-11-7-6-8-12-28/h6-20,22,26,34H,5,21,23-25H2,1-4H3,(H,40,44)/t34-/m0/s1. The molecule has 0 aliphatic rings. The van der Waals surface area contributed by atoms with Crippen molar-refractivity contribution >= 4 is 50.7 Å². The number of aryl methyl sites for hydroxylation is 1. The van der Waals surface area contributed by atoms with Gasteiger partial charge in [-0.3, -0.25) is 13.9 Å². The third-order valence-electron chi connectivity index (χ3n) is 7.63. The zero-order valence-electron chi connectivity index (χ0n) is 27.5. The first-order chi connectivity index (χ1) is 22.9. The van der Waals surface area contributed by atoms with Gasteiger partial charge in [-0.1, -0.05) is 103 Å². The van der Waals surface area contributed by atoms with E-state index in [0.29, 0.717) is 27.9 Å². The number of amides is 2. The zero-order chi connectivity index (χ0) is 34.8. The molecule has 0 bridgehead atoms. The van der Waals surface area contributed by atoms with Crippen molar-refractivity contribution in [1.82, 2.24) is 10.2 Å². The molecule has 0 saturated carbocycles. The van der Waals surface area contributed by atoms with Crippen molar-refractivity contribution in [2.75, 3.05) is 24.0 Å². The number of nitrogens with zero attached hydrogens (tertiary/aromatic N) is 2. The van der Waals surface area contributed by atoms with Gasteiger partial charge in [0, 0.05) is 29.6 Å². The summed E-state index contributed by atoms with van der Waals surface area (Å²) in [6, 6.07) is 26.4. The lowest BCUT2D eigenvalue weighted by Crippen LogP contribution is -2.53. The van der Waals surface area contributed by atoms with Gasteiger partial charge in [-0.25, -0.2) is 8.42 Å². The van der Waals surface area contributed by atoms with E-state index in [2.05, 4.69) is 5.32 Å². The van der Waals surface area contributed by atoms with Crippen LogP contribution in [0.2, 0.25) is 10.0 Å². The smallest absolute Gasteiger partial charge is 0.264 e. The minimum absolute atomic E-state index is 0.00927. The lowest BCUT2D eigenvalue weighted by Gasteiger charge is -2.34. The van der Waals surface area contributed by atoms with Crippen molar-refractivity contribution < 1.29 is 22.7 Å². The van der Waals surface area contributed by atoms with E-state index < -0.39 is 28.5 Å². The van der Waals surface area contributed by atoms with Crippen molar-refractivity contribution in [3.8, 4) is 5.75 Å². The summed E-state index contributed by atoms with van der Waals surface area (Å²) in [7, 11) is -4.29. The van der Waals surface area contributed by atoms with Crippen LogP contribution < -0.4 is 14.4 Å². The molecule has 254 valence electrons. The van der Waals surface area contributed by atoms with E-state index in [1.807, 2.05) is 51.1 Å². The number of halogens is 2. The van der Waals surface area contributed by atoms with Crippen LogP contribution >= 0.6 is 23.2 Å². The Morgan fingerprint density at radius 1 is 0.896 bits per heavy atom. The Hall–Kier alpha value is -4.05. The van der Waals surface area contributed by atoms with Crippen LogP contribution in [0.1, 0.15) is 37.5 Å². The lowest BCUT2D eigenvalue weighted by molar-refractivity contribution is -0.140. The molecule has 4 rings (SSSR count). The van der Waals surface area contributed by atoms with Gasteiger partial charge < -0.3 is 15.0 Å². The van der Waals surface area contributed by atoms with Gasteiger partial charge in [0.2, 0.25) is 11.8 Å². The highest BCUT2D eigenvalue weighted by molar-refractivity contribution is 7.92. The maximum absolute atomic E-state index is 14.7. The Labute approximate surface area is 293 Å². The Morgan fingerprint density at radius 2 is 1.56 bits per heavy atom. The molecule has 2 amide bonds. The van der Waals surface area contributed by atoms with Gasteiger partial charge >= 0.3 is 0 Å². The van der Waals surface area contributed by atoms with Crippen LogP contribution in [0.3, 0.4) is 0 Å². The Bertz CT molecular complexity index is 1800. The third kappa shape index (κ3) is 9.52. The van der Waals surface area contributed by atoms with Crippen molar-refractivity contribution in [1.29, 1.82) is 0 Å². The largest absolute Gasteiger partial charge is 0.492 e. The summed E-state index contributed by atoms with van der Waals surface area (Å²) >= 11 is 12.8. The number of carbonyl (C=O) groups excluding carboxylic acids is 2. The van der Waals surface area contributed by atoms with Crippen molar-refractivity contribution in [3.63, 3.8) is 0 Å². The number of para-hydroxylation sites is 2. The molecule has 0 radical (unpaired) electrons. The number of hydrogen-bond acceptors (Lipinski definition) is 5. The second-order valence-corrected chi connectivity index (χ2v) is 14.5. The van der Waals surface area contributed by atoms with E-state index in [1.165, 1.54) is 17.0 Å². The fourth-order valence-corrected chi connectivity index (χ4v) is 6.99. The third-order valence-corrected chi connectivity index (χ3v) is 9.99. The van der Waals surface area contributed by atoms with Crippen LogP contribution in [0.5, 0.6) is 5.75 Å². The molecule has 0 spiro atoms. The van der Waals surface area contributed by atoms with Gasteiger partial charge in [-0.05, 0) is 67.3 Å². The molecule has 0 aromatic heterocycles. The highest BCUT2D eigenvalue weighted by atomic mass is 35.5. The molecular formula is C37H41Cl2N3O5S. The fourth-order valence-electron chi connectivity index (χ4n) is 5.10. The number of anilines is 1. The number of nitrogens with one attached hydrogen (secondary N) is 1. The summed E-state index contributed by atoms with van der Waals surface area (Å²) in [6.45, 7) is 7.59. The molecule has 11 heteroatoms. The number of carbonyl (C=O) groups is 2. The summed E-state index contributed by atoms with van der Waals surface area (Å²) in [5.41, 5.74) is 2.45. The van der Waals surface area contributed by atoms with E-state index in [4.69, 9.17) is 27.9 Å². The minimum Gasteiger partial charge on any atom is -0.492 e. The van der Waals surface area contributed by atoms with E-state index >= 15 is 0 Å². The summed E-state index contributed by atoms with van der Waals surface area (Å²) in [6.07, 6.45) is 0.183. The average molecular weight is 711 g/mol. The molecule has 48 heavy (non-hydrogen) atoms. The van der Waals surface area contributed by atoms with Gasteiger partial charge in [0.25, 0.3) is 10.0 Å². The maximum atomic E-state index is 14.7. The number of benzene rings is 4. The van der Waals surface area contributed by atoms with E-state index in [-0.39, 0.29) is 42.0 Å². The van der Waals surface area contributed by atoms with Crippen LogP contribution in [-0.4, -0.2) is 50.9 Å². The monoisotopic (exact) mass is 709 g/mol. The first-order valence-corrected chi connectivity index (χ1v) is 18.0. The second kappa shape index (κ2) is 16.9. The number of rotatable bonds is 15. The quantitative estimate of drug-likeness (QED) is 0.140. The average Bonchev–Trinajstić information content (AvgIpc) is 3.06. The summed E-state index contributed by atoms with van der Waals surface area (Å²) in [5, 5.41) is 3.71. The molecule has 8 nitrogen and oxygen atoms in total. The van der Waals surface area contributed by atoms with Gasteiger partial charge in [-0.2, -0.15) is 0 Å². The lowest BCUT2D eigenvalue weighted by atomic mass is 10.0. The molecule has 4 aromatic carbocycles. The van der Waals surface area contributed by atoms with Gasteiger partial charge in [0.05, 0.1) is 17.2 Å². The van der Waals surface area contributed by atoms with Crippen LogP contribution in [0.25, 0.3) is 0 Å². The number of hydrogen-bond donors (Lipinski definition) is 1. The molecule has 4 aromatic rings.